The topological polar surface area (TPSA) is 111 Å². The van der Waals surface area contributed by atoms with Gasteiger partial charge in [0.2, 0.25) is 0 Å². The Morgan fingerprint density at radius 1 is 0.462 bits per heavy atom. The van der Waals surface area contributed by atoms with Crippen molar-refractivity contribution in [3.8, 4) is 0 Å². The number of hydrogen-bond donors (Lipinski definition) is 0. The highest BCUT2D eigenvalue weighted by Gasteiger charge is 2.21. The molecule has 9 heteroatoms. The SMILES string of the molecule is CC/C=C\C/C=C\C/C=C\C/C=C\C/C=C\CCCCCCCCCC(=O)OC(COC(=O)CCCCCC/C=C\C/C=C\C/C=C\C/C=C\CC)COC(OCC[N+](C)(C)C)C(=O)[O-]. The normalized spacial score (nSPS) is 13.8. The second kappa shape index (κ2) is 46.5. The molecule has 0 N–H and O–H groups in total. The largest absolute Gasteiger partial charge is 0.545 e. The van der Waals surface area contributed by atoms with E-state index in [1.54, 1.807) is 0 Å². The minimum absolute atomic E-state index is 0.134. The zero-order valence-electron chi connectivity index (χ0n) is 41.6. The van der Waals surface area contributed by atoms with Crippen LogP contribution in [-0.2, 0) is 33.3 Å². The van der Waals surface area contributed by atoms with Gasteiger partial charge in [0.25, 0.3) is 0 Å². The molecule has 0 bridgehead atoms. The molecule has 0 amide bonds. The summed E-state index contributed by atoms with van der Waals surface area (Å²) in [6.07, 6.45) is 59.7. The lowest BCUT2D eigenvalue weighted by atomic mass is 10.1. The smallest absolute Gasteiger partial charge is 0.306 e. The van der Waals surface area contributed by atoms with Crippen LogP contribution >= 0.6 is 0 Å². The quantitative estimate of drug-likeness (QED) is 0.0195. The van der Waals surface area contributed by atoms with E-state index in [1.807, 2.05) is 21.1 Å². The highest BCUT2D eigenvalue weighted by molar-refractivity contribution is 5.70. The number of nitrogens with zero attached hydrogens (tertiary/aromatic N) is 1. The van der Waals surface area contributed by atoms with Crippen molar-refractivity contribution in [2.75, 3.05) is 47.5 Å². The standard InChI is InChI=1S/C56H91NO8/c1-6-8-10-12-14-16-18-20-22-24-25-26-27-28-29-31-33-35-37-39-41-43-45-47-54(59)65-52(51-64-56(55(60)61)62-49-48-57(3,4)5)50-63-53(58)46-44-42-40-38-36-34-32-30-23-21-19-17-15-13-11-9-7-2/h8-11,14-17,20-23,25-26,28-29,32,34,52,56H,6-7,12-13,18-19,24,27,30-31,33,35-51H2,1-5H3/b10-8-,11-9-,16-14-,17-15-,22-20-,23-21-,26-25-,29-28-,34-32-. The number of carbonyl (C=O) groups is 3. The molecule has 0 aromatic rings. The lowest BCUT2D eigenvalue weighted by Crippen LogP contribution is -2.44. The number of carboxylic acids is 1. The van der Waals surface area contributed by atoms with E-state index >= 15 is 0 Å². The Balaban J connectivity index is 4.44. The summed E-state index contributed by atoms with van der Waals surface area (Å²) in [7, 11) is 5.89. The molecule has 9 nitrogen and oxygen atoms in total. The van der Waals surface area contributed by atoms with Crippen molar-refractivity contribution < 1.29 is 42.9 Å². The summed E-state index contributed by atoms with van der Waals surface area (Å²) in [6, 6.07) is 0. The Hall–Kier alpha value is -4.05. The van der Waals surface area contributed by atoms with Crippen molar-refractivity contribution in [3.05, 3.63) is 109 Å². The van der Waals surface area contributed by atoms with Crippen LogP contribution < -0.4 is 5.11 Å². The Bertz CT molecular complexity index is 1430. The van der Waals surface area contributed by atoms with Gasteiger partial charge < -0.3 is 33.3 Å². The molecule has 2 unspecified atom stereocenters. The third-order valence-corrected chi connectivity index (χ3v) is 10.0. The molecular weight excluding hydrogens is 815 g/mol. The van der Waals surface area contributed by atoms with Gasteiger partial charge in [-0.3, -0.25) is 9.59 Å². The van der Waals surface area contributed by atoms with E-state index in [0.717, 1.165) is 109 Å². The van der Waals surface area contributed by atoms with E-state index in [4.69, 9.17) is 18.9 Å². The summed E-state index contributed by atoms with van der Waals surface area (Å²) in [5.74, 6) is -2.35. The van der Waals surface area contributed by atoms with Crippen molar-refractivity contribution in [2.45, 2.75) is 180 Å². The number of allylic oxidation sites excluding steroid dienone is 18. The minimum atomic E-state index is -1.64. The van der Waals surface area contributed by atoms with Crippen molar-refractivity contribution in [2.24, 2.45) is 0 Å². The van der Waals surface area contributed by atoms with E-state index in [9.17, 15) is 19.5 Å². The lowest BCUT2D eigenvalue weighted by molar-refractivity contribution is -0.870. The van der Waals surface area contributed by atoms with E-state index in [1.165, 1.54) is 19.3 Å². The van der Waals surface area contributed by atoms with E-state index < -0.39 is 30.3 Å². The summed E-state index contributed by atoms with van der Waals surface area (Å²) in [4.78, 5) is 37.1. The molecule has 0 aliphatic carbocycles. The molecule has 0 aromatic carbocycles. The molecule has 0 aromatic heterocycles. The molecule has 0 heterocycles. The fraction of sp³-hybridized carbons (Fsp3) is 0.625. The second-order valence-corrected chi connectivity index (χ2v) is 17.3. The van der Waals surface area contributed by atoms with Crippen LogP contribution in [-0.4, -0.2) is 82.3 Å². The van der Waals surface area contributed by atoms with Gasteiger partial charge in [0.05, 0.1) is 40.3 Å². The van der Waals surface area contributed by atoms with E-state index in [0.29, 0.717) is 23.9 Å². The molecule has 368 valence electrons. The van der Waals surface area contributed by atoms with Crippen molar-refractivity contribution in [1.29, 1.82) is 0 Å². The predicted octanol–water partition coefficient (Wildman–Crippen LogP) is 12.7. The molecule has 0 aliphatic rings. The Morgan fingerprint density at radius 3 is 1.23 bits per heavy atom. The minimum Gasteiger partial charge on any atom is -0.545 e. The average molecular weight is 906 g/mol. The van der Waals surface area contributed by atoms with Crippen LogP contribution in [0.5, 0.6) is 0 Å². The second-order valence-electron chi connectivity index (χ2n) is 17.3. The summed E-state index contributed by atoms with van der Waals surface area (Å²) in [6.45, 7) is 4.45. The van der Waals surface area contributed by atoms with Gasteiger partial charge in [0.1, 0.15) is 13.2 Å². The molecule has 0 radical (unpaired) electrons. The van der Waals surface area contributed by atoms with Crippen LogP contribution in [0.1, 0.15) is 168 Å². The number of carboxylic acid groups (broad SMARTS) is 1. The maximum absolute atomic E-state index is 12.8. The van der Waals surface area contributed by atoms with Crippen molar-refractivity contribution in [1.82, 2.24) is 0 Å². The van der Waals surface area contributed by atoms with Gasteiger partial charge in [-0.2, -0.15) is 0 Å². The van der Waals surface area contributed by atoms with Gasteiger partial charge in [-0.25, -0.2) is 0 Å². The molecule has 0 fully saturated rings. The molecule has 0 saturated heterocycles. The maximum Gasteiger partial charge on any atom is 0.306 e. The highest BCUT2D eigenvalue weighted by Crippen LogP contribution is 2.13. The van der Waals surface area contributed by atoms with Crippen LogP contribution in [0.25, 0.3) is 0 Å². The molecular formula is C56H91NO8. The first-order chi connectivity index (χ1) is 31.6. The van der Waals surface area contributed by atoms with Gasteiger partial charge in [0.15, 0.2) is 12.4 Å². The fourth-order valence-electron chi connectivity index (χ4n) is 6.20. The number of ether oxygens (including phenoxy) is 4. The summed E-state index contributed by atoms with van der Waals surface area (Å²) in [5, 5.41) is 11.7. The number of carbonyl (C=O) groups excluding carboxylic acids is 3. The first-order valence-electron chi connectivity index (χ1n) is 25.0. The number of rotatable bonds is 44. The van der Waals surface area contributed by atoms with E-state index in [2.05, 4.69) is 123 Å². The number of quaternary nitrogens is 1. The van der Waals surface area contributed by atoms with Crippen LogP contribution in [0.15, 0.2) is 109 Å². The molecule has 0 rings (SSSR count). The van der Waals surface area contributed by atoms with Crippen molar-refractivity contribution >= 4 is 17.9 Å². The zero-order chi connectivity index (χ0) is 47.7. The number of esters is 2. The Labute approximate surface area is 396 Å². The summed E-state index contributed by atoms with van der Waals surface area (Å²) >= 11 is 0. The molecule has 0 aliphatic heterocycles. The summed E-state index contributed by atoms with van der Waals surface area (Å²) < 4.78 is 22.6. The Morgan fingerprint density at radius 2 is 0.831 bits per heavy atom. The molecule has 0 saturated carbocycles. The number of likely N-dealkylation sites (N-methyl/N-ethyl adjacent to an activating group) is 1. The van der Waals surface area contributed by atoms with Gasteiger partial charge in [0, 0.05) is 12.8 Å². The molecule has 65 heavy (non-hydrogen) atoms. The van der Waals surface area contributed by atoms with Crippen LogP contribution in [0.2, 0.25) is 0 Å². The van der Waals surface area contributed by atoms with Crippen molar-refractivity contribution in [3.63, 3.8) is 0 Å². The van der Waals surface area contributed by atoms with Crippen LogP contribution in [0, 0.1) is 0 Å². The third kappa shape index (κ3) is 47.7. The first-order valence-corrected chi connectivity index (χ1v) is 25.0. The van der Waals surface area contributed by atoms with Crippen LogP contribution in [0.4, 0.5) is 0 Å². The van der Waals surface area contributed by atoms with Gasteiger partial charge in [-0.1, -0.05) is 168 Å². The van der Waals surface area contributed by atoms with Gasteiger partial charge in [-0.15, -0.1) is 0 Å². The summed E-state index contributed by atoms with van der Waals surface area (Å²) in [5.41, 5.74) is 0. The predicted molar refractivity (Wildman–Crippen MR) is 269 cm³/mol. The fourth-order valence-corrected chi connectivity index (χ4v) is 6.20. The van der Waals surface area contributed by atoms with Gasteiger partial charge in [-0.05, 0) is 96.3 Å². The Kier molecular flexibility index (Phi) is 43.6. The van der Waals surface area contributed by atoms with E-state index in [-0.39, 0.29) is 32.7 Å². The first kappa shape index (κ1) is 60.9. The highest BCUT2D eigenvalue weighted by atomic mass is 16.7. The molecule has 2 atom stereocenters. The number of aliphatic carboxylic acids is 1. The monoisotopic (exact) mass is 906 g/mol. The molecule has 0 spiro atoms. The zero-order valence-corrected chi connectivity index (χ0v) is 41.6. The number of unbranched alkanes of at least 4 members (excludes halogenated alkanes) is 11. The maximum atomic E-state index is 12.8. The average Bonchev–Trinajstić information content (AvgIpc) is 3.27. The number of hydrogen-bond acceptors (Lipinski definition) is 8. The third-order valence-electron chi connectivity index (χ3n) is 10.0. The van der Waals surface area contributed by atoms with Gasteiger partial charge >= 0.3 is 11.9 Å². The van der Waals surface area contributed by atoms with Crippen LogP contribution in [0.3, 0.4) is 0 Å². The lowest BCUT2D eigenvalue weighted by Gasteiger charge is -2.26.